The van der Waals surface area contributed by atoms with Gasteiger partial charge in [-0.3, -0.25) is 0 Å². The molecule has 54 valence electrons. The molecule has 1 aromatic rings. The SMILES string of the molecule is Oc1cccc(OOI)c1. The molecule has 0 amide bonds. The summed E-state index contributed by atoms with van der Waals surface area (Å²) in [7, 11) is 0. The smallest absolute Gasteiger partial charge is 0.170 e. The third-order valence-electron chi connectivity index (χ3n) is 0.945. The van der Waals surface area contributed by atoms with Crippen molar-refractivity contribution in [1.82, 2.24) is 0 Å². The average molecular weight is 252 g/mol. The van der Waals surface area contributed by atoms with E-state index in [1.54, 1.807) is 41.2 Å². The van der Waals surface area contributed by atoms with Crippen LogP contribution in [-0.4, -0.2) is 5.11 Å². The summed E-state index contributed by atoms with van der Waals surface area (Å²) >= 11 is 1.60. The highest BCUT2D eigenvalue weighted by molar-refractivity contribution is 14.1. The van der Waals surface area contributed by atoms with Crippen molar-refractivity contribution in [2.45, 2.75) is 0 Å². The van der Waals surface area contributed by atoms with Crippen LogP contribution >= 0.6 is 23.0 Å². The standard InChI is InChI=1S/C6H5IO3/c7-10-9-6-3-1-2-5(8)4-6/h1-4,8H. The molecule has 0 radical (unpaired) electrons. The Bertz CT molecular complexity index is 214. The van der Waals surface area contributed by atoms with Gasteiger partial charge >= 0.3 is 0 Å². The lowest BCUT2D eigenvalue weighted by molar-refractivity contribution is -0.0473. The molecule has 0 bridgehead atoms. The molecule has 0 saturated carbocycles. The van der Waals surface area contributed by atoms with Crippen molar-refractivity contribution in [3.63, 3.8) is 0 Å². The van der Waals surface area contributed by atoms with Gasteiger partial charge < -0.3 is 9.99 Å². The minimum atomic E-state index is 0.158. The molecule has 0 saturated heterocycles. The Morgan fingerprint density at radius 3 is 2.80 bits per heavy atom. The Hall–Kier alpha value is -0.490. The summed E-state index contributed by atoms with van der Waals surface area (Å²) in [4.78, 5) is 4.61. The van der Waals surface area contributed by atoms with Crippen LogP contribution in [0.2, 0.25) is 0 Å². The summed E-state index contributed by atoms with van der Waals surface area (Å²) in [5.41, 5.74) is 0. The van der Waals surface area contributed by atoms with E-state index in [-0.39, 0.29) is 5.75 Å². The molecule has 10 heavy (non-hydrogen) atoms. The van der Waals surface area contributed by atoms with Crippen molar-refractivity contribution in [2.24, 2.45) is 0 Å². The maximum Gasteiger partial charge on any atom is 0.170 e. The van der Waals surface area contributed by atoms with Crippen LogP contribution in [0.15, 0.2) is 24.3 Å². The quantitative estimate of drug-likeness (QED) is 0.497. The summed E-state index contributed by atoms with van der Waals surface area (Å²) in [5.74, 6) is 0.639. The van der Waals surface area contributed by atoms with Gasteiger partial charge in [-0.05, 0) is 12.1 Å². The molecule has 1 aromatic carbocycles. The molecule has 1 rings (SSSR count). The first-order chi connectivity index (χ1) is 4.83. The maximum absolute atomic E-state index is 8.90. The van der Waals surface area contributed by atoms with E-state index >= 15 is 0 Å². The van der Waals surface area contributed by atoms with Crippen molar-refractivity contribution >= 4 is 23.0 Å². The molecule has 0 aliphatic carbocycles. The molecule has 0 atom stereocenters. The molecule has 0 heterocycles. The normalized spacial score (nSPS) is 9.30. The summed E-state index contributed by atoms with van der Waals surface area (Å²) in [6.45, 7) is 0. The lowest BCUT2D eigenvalue weighted by Crippen LogP contribution is -1.83. The summed E-state index contributed by atoms with van der Waals surface area (Å²) in [6.07, 6.45) is 0. The molecule has 0 aliphatic heterocycles. The number of hydrogen-bond donors (Lipinski definition) is 1. The summed E-state index contributed by atoms with van der Waals surface area (Å²) in [5, 5.41) is 8.90. The highest BCUT2D eigenvalue weighted by atomic mass is 127. The van der Waals surface area contributed by atoms with Crippen LogP contribution in [0.1, 0.15) is 0 Å². The first-order valence-electron chi connectivity index (χ1n) is 2.57. The Balaban J connectivity index is 2.75. The summed E-state index contributed by atoms with van der Waals surface area (Å²) < 4.78 is 4.34. The number of benzene rings is 1. The molecule has 1 N–H and O–H groups in total. The number of rotatable bonds is 2. The average Bonchev–Trinajstić information content (AvgIpc) is 1.88. The molecule has 0 aromatic heterocycles. The number of phenolic OH excluding ortho intramolecular Hbond substituents is 1. The molecule has 4 heteroatoms. The second-order valence-electron chi connectivity index (χ2n) is 1.64. The van der Waals surface area contributed by atoms with Gasteiger partial charge in [-0.25, -0.2) is 0 Å². The maximum atomic E-state index is 8.90. The van der Waals surface area contributed by atoms with Crippen molar-refractivity contribution in [3.8, 4) is 11.5 Å². The van der Waals surface area contributed by atoms with E-state index in [0.717, 1.165) is 0 Å². The number of phenols is 1. The third-order valence-corrected chi connectivity index (χ3v) is 1.13. The van der Waals surface area contributed by atoms with Crippen LogP contribution in [-0.2, 0) is 3.22 Å². The molecule has 0 spiro atoms. The van der Waals surface area contributed by atoms with Gasteiger partial charge in [0.25, 0.3) is 0 Å². The van der Waals surface area contributed by atoms with E-state index in [0.29, 0.717) is 5.75 Å². The predicted octanol–water partition coefficient (Wildman–Crippen LogP) is 2.05. The molecular weight excluding hydrogens is 247 g/mol. The Labute approximate surface area is 72.2 Å². The fraction of sp³-hybridized carbons (Fsp3) is 0. The van der Waals surface area contributed by atoms with Crippen LogP contribution in [0, 0.1) is 0 Å². The van der Waals surface area contributed by atoms with E-state index in [2.05, 4.69) is 8.10 Å². The van der Waals surface area contributed by atoms with Crippen molar-refractivity contribution in [1.29, 1.82) is 0 Å². The Morgan fingerprint density at radius 1 is 1.40 bits per heavy atom. The fourth-order valence-electron chi connectivity index (χ4n) is 0.572. The van der Waals surface area contributed by atoms with E-state index in [1.807, 2.05) is 0 Å². The number of hydrogen-bond acceptors (Lipinski definition) is 3. The van der Waals surface area contributed by atoms with Gasteiger partial charge in [0.2, 0.25) is 0 Å². The van der Waals surface area contributed by atoms with Crippen LogP contribution in [0.3, 0.4) is 0 Å². The van der Waals surface area contributed by atoms with Crippen LogP contribution in [0.25, 0.3) is 0 Å². The zero-order valence-electron chi connectivity index (χ0n) is 4.95. The number of aromatic hydroxyl groups is 1. The van der Waals surface area contributed by atoms with Gasteiger partial charge in [-0.2, -0.15) is 0 Å². The van der Waals surface area contributed by atoms with Gasteiger partial charge in [0.15, 0.2) is 28.8 Å². The van der Waals surface area contributed by atoms with Crippen molar-refractivity contribution in [3.05, 3.63) is 24.3 Å². The first kappa shape index (κ1) is 7.62. The van der Waals surface area contributed by atoms with E-state index in [4.69, 9.17) is 5.11 Å². The van der Waals surface area contributed by atoms with Crippen molar-refractivity contribution in [2.75, 3.05) is 0 Å². The van der Waals surface area contributed by atoms with Gasteiger partial charge in [0.1, 0.15) is 5.75 Å². The Kier molecular flexibility index (Phi) is 2.76. The van der Waals surface area contributed by atoms with Gasteiger partial charge in [-0.1, -0.05) is 6.07 Å². The third kappa shape index (κ3) is 2.03. The van der Waals surface area contributed by atoms with Crippen LogP contribution in [0.5, 0.6) is 11.5 Å². The molecule has 3 nitrogen and oxygen atoms in total. The second kappa shape index (κ2) is 3.62. The largest absolute Gasteiger partial charge is 0.508 e. The zero-order valence-corrected chi connectivity index (χ0v) is 7.11. The predicted molar refractivity (Wildman–Crippen MR) is 43.8 cm³/mol. The van der Waals surface area contributed by atoms with Gasteiger partial charge in [-0.15, -0.1) is 3.22 Å². The van der Waals surface area contributed by atoms with E-state index < -0.39 is 0 Å². The van der Waals surface area contributed by atoms with Crippen LogP contribution < -0.4 is 4.89 Å². The second-order valence-corrected chi connectivity index (χ2v) is 2.00. The van der Waals surface area contributed by atoms with Crippen molar-refractivity contribution < 1.29 is 13.2 Å². The zero-order chi connectivity index (χ0) is 7.40. The van der Waals surface area contributed by atoms with E-state index in [1.165, 1.54) is 6.07 Å². The number of halogens is 1. The van der Waals surface area contributed by atoms with Gasteiger partial charge in [0, 0.05) is 6.07 Å². The minimum absolute atomic E-state index is 0.158. The lowest BCUT2D eigenvalue weighted by Gasteiger charge is -1.97. The van der Waals surface area contributed by atoms with E-state index in [9.17, 15) is 0 Å². The minimum Gasteiger partial charge on any atom is -0.508 e. The van der Waals surface area contributed by atoms with Gasteiger partial charge in [0.05, 0.1) is 0 Å². The van der Waals surface area contributed by atoms with Crippen LogP contribution in [0.4, 0.5) is 0 Å². The monoisotopic (exact) mass is 252 g/mol. The summed E-state index contributed by atoms with van der Waals surface area (Å²) in [6, 6.07) is 6.36. The highest BCUT2D eigenvalue weighted by Crippen LogP contribution is 2.18. The Morgan fingerprint density at radius 2 is 2.20 bits per heavy atom. The first-order valence-corrected chi connectivity index (χ1v) is 3.45. The highest BCUT2D eigenvalue weighted by Gasteiger charge is 1.93. The lowest BCUT2D eigenvalue weighted by atomic mass is 10.3. The molecule has 0 unspecified atom stereocenters. The molecular formula is C6H5IO3. The fourth-order valence-corrected chi connectivity index (χ4v) is 0.779. The molecule has 0 fully saturated rings. The molecule has 0 aliphatic rings. The topological polar surface area (TPSA) is 38.7 Å².